The van der Waals surface area contributed by atoms with E-state index in [2.05, 4.69) is 20.3 Å². The Bertz CT molecular complexity index is 1060. The van der Waals surface area contributed by atoms with Crippen LogP contribution >= 0.6 is 0 Å². The average molecular weight is 431 g/mol. The summed E-state index contributed by atoms with van der Waals surface area (Å²) >= 11 is 0. The van der Waals surface area contributed by atoms with Crippen molar-refractivity contribution in [2.75, 3.05) is 36.4 Å². The molecule has 0 spiro atoms. The molecule has 4 rings (SSSR count). The number of aryl methyl sites for hydroxylation is 1. The second kappa shape index (κ2) is 8.25. The summed E-state index contributed by atoms with van der Waals surface area (Å²) in [5.74, 6) is 2.01. The molecule has 1 saturated heterocycles. The summed E-state index contributed by atoms with van der Waals surface area (Å²) < 4.78 is 41.3. The Labute approximate surface area is 176 Å². The molecule has 0 unspecified atom stereocenters. The largest absolute Gasteiger partial charge is 0.418 e. The van der Waals surface area contributed by atoms with Gasteiger partial charge in [-0.15, -0.1) is 0 Å². The number of para-hydroxylation sites is 1. The number of benzene rings is 1. The number of nitrogens with zero attached hydrogens (tertiary/aromatic N) is 6. The van der Waals surface area contributed by atoms with Gasteiger partial charge in [-0.3, -0.25) is 4.57 Å². The van der Waals surface area contributed by atoms with Gasteiger partial charge in [-0.05, 0) is 19.1 Å². The number of rotatable bonds is 3. The Morgan fingerprint density at radius 3 is 2.45 bits per heavy atom. The fraction of sp³-hybridized carbons (Fsp3) is 0.300. The zero-order valence-electron chi connectivity index (χ0n) is 16.7. The standard InChI is InChI=1S/C20H20F3N7O/c1-14-25-17(12-18(26-14)30-7-6-24-13-30)28-8-10-29(11-9-28)19(31)27-16-5-3-2-4-15(16)20(21,22)23/h2-7,12-13H,8-11H2,1H3,(H,27,31). The molecule has 0 bridgehead atoms. The summed E-state index contributed by atoms with van der Waals surface area (Å²) in [4.78, 5) is 29.0. The molecule has 3 heterocycles. The first-order chi connectivity index (χ1) is 14.8. The maximum atomic E-state index is 13.2. The Morgan fingerprint density at radius 1 is 1.06 bits per heavy atom. The highest BCUT2D eigenvalue weighted by molar-refractivity contribution is 5.90. The molecule has 1 aliphatic rings. The molecule has 1 aliphatic heterocycles. The lowest BCUT2D eigenvalue weighted by Gasteiger charge is -2.35. The molecule has 1 N–H and O–H groups in total. The summed E-state index contributed by atoms with van der Waals surface area (Å²) in [5.41, 5.74) is -1.12. The molecule has 11 heteroatoms. The maximum absolute atomic E-state index is 13.2. The van der Waals surface area contributed by atoms with Crippen molar-refractivity contribution < 1.29 is 18.0 Å². The first-order valence-electron chi connectivity index (χ1n) is 9.62. The van der Waals surface area contributed by atoms with E-state index in [1.165, 1.54) is 23.1 Å². The van der Waals surface area contributed by atoms with E-state index in [9.17, 15) is 18.0 Å². The highest BCUT2D eigenvalue weighted by atomic mass is 19.4. The quantitative estimate of drug-likeness (QED) is 0.688. The number of amides is 2. The van der Waals surface area contributed by atoms with Crippen LogP contribution in [0.5, 0.6) is 0 Å². The Morgan fingerprint density at radius 2 is 1.77 bits per heavy atom. The lowest BCUT2D eigenvalue weighted by atomic mass is 10.1. The Hall–Kier alpha value is -3.63. The minimum atomic E-state index is -4.54. The van der Waals surface area contributed by atoms with Gasteiger partial charge in [-0.1, -0.05) is 12.1 Å². The van der Waals surface area contributed by atoms with Crippen LogP contribution in [0.15, 0.2) is 49.1 Å². The fourth-order valence-electron chi connectivity index (χ4n) is 3.40. The molecule has 0 aliphatic carbocycles. The average Bonchev–Trinajstić information content (AvgIpc) is 3.28. The number of alkyl halides is 3. The van der Waals surface area contributed by atoms with Crippen LogP contribution < -0.4 is 10.2 Å². The number of imidazole rings is 1. The molecule has 162 valence electrons. The number of halogens is 3. The molecule has 2 aromatic heterocycles. The lowest BCUT2D eigenvalue weighted by molar-refractivity contribution is -0.136. The van der Waals surface area contributed by atoms with Crippen LogP contribution in [0, 0.1) is 6.92 Å². The van der Waals surface area contributed by atoms with Crippen molar-refractivity contribution in [1.82, 2.24) is 24.4 Å². The van der Waals surface area contributed by atoms with Gasteiger partial charge in [-0.25, -0.2) is 19.7 Å². The normalized spacial score (nSPS) is 14.6. The van der Waals surface area contributed by atoms with E-state index in [0.717, 1.165) is 11.9 Å². The van der Waals surface area contributed by atoms with Crippen molar-refractivity contribution in [3.05, 3.63) is 60.4 Å². The third-order valence-corrected chi connectivity index (χ3v) is 4.94. The second-order valence-corrected chi connectivity index (χ2v) is 7.05. The Kier molecular flexibility index (Phi) is 5.49. The molecule has 2 amide bonds. The molecule has 1 aromatic carbocycles. The van der Waals surface area contributed by atoms with Crippen LogP contribution in [0.3, 0.4) is 0 Å². The van der Waals surface area contributed by atoms with Crippen LogP contribution in [0.2, 0.25) is 0 Å². The SMILES string of the molecule is Cc1nc(N2CCN(C(=O)Nc3ccccc3C(F)(F)F)CC2)cc(-n2ccnc2)n1. The van der Waals surface area contributed by atoms with Gasteiger partial charge >= 0.3 is 12.2 Å². The Balaban J connectivity index is 1.42. The van der Waals surface area contributed by atoms with E-state index < -0.39 is 17.8 Å². The third-order valence-electron chi connectivity index (χ3n) is 4.94. The number of anilines is 2. The van der Waals surface area contributed by atoms with Crippen molar-refractivity contribution in [3.8, 4) is 5.82 Å². The predicted octanol–water partition coefficient (Wildman–Crippen LogP) is 3.34. The summed E-state index contributed by atoms with van der Waals surface area (Å²) in [5, 5.41) is 2.39. The molecule has 8 nitrogen and oxygen atoms in total. The van der Waals surface area contributed by atoms with Gasteiger partial charge in [0.15, 0.2) is 0 Å². The van der Waals surface area contributed by atoms with E-state index in [4.69, 9.17) is 0 Å². The van der Waals surface area contributed by atoms with Gasteiger partial charge in [0.2, 0.25) is 0 Å². The van der Waals surface area contributed by atoms with Gasteiger partial charge in [0.1, 0.15) is 23.8 Å². The highest BCUT2D eigenvalue weighted by Gasteiger charge is 2.34. The van der Waals surface area contributed by atoms with Crippen molar-refractivity contribution in [2.24, 2.45) is 0 Å². The van der Waals surface area contributed by atoms with E-state index >= 15 is 0 Å². The van der Waals surface area contributed by atoms with Crippen LogP contribution in [0.25, 0.3) is 5.82 Å². The summed E-state index contributed by atoms with van der Waals surface area (Å²) in [6, 6.07) is 6.22. The molecule has 3 aromatic rings. The van der Waals surface area contributed by atoms with Crippen molar-refractivity contribution in [3.63, 3.8) is 0 Å². The number of hydrogen-bond acceptors (Lipinski definition) is 5. The lowest BCUT2D eigenvalue weighted by Crippen LogP contribution is -2.50. The van der Waals surface area contributed by atoms with Crippen LogP contribution in [-0.2, 0) is 6.18 Å². The zero-order valence-corrected chi connectivity index (χ0v) is 16.7. The molecule has 1 fully saturated rings. The molecule has 0 saturated carbocycles. The van der Waals surface area contributed by atoms with E-state index in [-0.39, 0.29) is 5.69 Å². The topological polar surface area (TPSA) is 79.2 Å². The van der Waals surface area contributed by atoms with E-state index in [0.29, 0.717) is 37.8 Å². The summed E-state index contributed by atoms with van der Waals surface area (Å²) in [6.45, 7) is 3.49. The predicted molar refractivity (Wildman–Crippen MR) is 108 cm³/mol. The van der Waals surface area contributed by atoms with Crippen LogP contribution in [0.4, 0.5) is 29.5 Å². The number of hydrogen-bond donors (Lipinski definition) is 1. The van der Waals surface area contributed by atoms with Gasteiger partial charge in [0, 0.05) is 44.6 Å². The molecular formula is C20H20F3N7O. The second-order valence-electron chi connectivity index (χ2n) is 7.05. The molecule has 0 atom stereocenters. The minimum absolute atomic E-state index is 0.251. The number of carbonyl (C=O) groups excluding carboxylic acids is 1. The summed E-state index contributed by atoms with van der Waals surface area (Å²) in [6.07, 6.45) is 0.547. The third kappa shape index (κ3) is 4.60. The van der Waals surface area contributed by atoms with Gasteiger partial charge < -0.3 is 15.1 Å². The van der Waals surface area contributed by atoms with E-state index in [1.807, 2.05) is 11.0 Å². The number of piperazine rings is 1. The minimum Gasteiger partial charge on any atom is -0.353 e. The number of carbonyl (C=O) groups is 1. The fourth-order valence-corrected chi connectivity index (χ4v) is 3.40. The number of nitrogens with one attached hydrogen (secondary N) is 1. The van der Waals surface area contributed by atoms with Crippen molar-refractivity contribution in [1.29, 1.82) is 0 Å². The molecule has 0 radical (unpaired) electrons. The first kappa shape index (κ1) is 20.6. The number of urea groups is 1. The maximum Gasteiger partial charge on any atom is 0.418 e. The molecule has 31 heavy (non-hydrogen) atoms. The van der Waals surface area contributed by atoms with Gasteiger partial charge in [0.05, 0.1) is 11.3 Å². The zero-order chi connectivity index (χ0) is 22.0. The molecular weight excluding hydrogens is 411 g/mol. The summed E-state index contributed by atoms with van der Waals surface area (Å²) in [7, 11) is 0. The van der Waals surface area contributed by atoms with Gasteiger partial charge in [-0.2, -0.15) is 13.2 Å². The van der Waals surface area contributed by atoms with Crippen LogP contribution in [-0.4, -0.2) is 56.6 Å². The smallest absolute Gasteiger partial charge is 0.353 e. The van der Waals surface area contributed by atoms with Gasteiger partial charge in [0.25, 0.3) is 0 Å². The van der Waals surface area contributed by atoms with Crippen LogP contribution in [0.1, 0.15) is 11.4 Å². The van der Waals surface area contributed by atoms with E-state index in [1.54, 1.807) is 30.2 Å². The number of aromatic nitrogens is 4. The van der Waals surface area contributed by atoms with Crippen molar-refractivity contribution in [2.45, 2.75) is 13.1 Å². The first-order valence-corrected chi connectivity index (χ1v) is 9.62. The highest BCUT2D eigenvalue weighted by Crippen LogP contribution is 2.34. The van der Waals surface area contributed by atoms with Crippen molar-refractivity contribution >= 4 is 17.5 Å². The monoisotopic (exact) mass is 431 g/mol.